The molecule has 3 rings (SSSR count). The molecule has 3 aromatic rings. The van der Waals surface area contributed by atoms with E-state index in [1.807, 2.05) is 0 Å². The van der Waals surface area contributed by atoms with E-state index in [1.54, 1.807) is 54.6 Å². The Hall–Kier alpha value is -3.60. The number of hydrogen-bond donors (Lipinski definition) is 3. The molecule has 0 aliphatic heterocycles. The van der Waals surface area contributed by atoms with Crippen LogP contribution in [-0.4, -0.2) is 22.1 Å². The van der Waals surface area contributed by atoms with Crippen LogP contribution < -0.4 is 5.32 Å². The van der Waals surface area contributed by atoms with E-state index in [2.05, 4.69) is 5.32 Å². The number of para-hydroxylation sites is 1. The average Bonchev–Trinajstić information content (AvgIpc) is 2.62. The smallest absolute Gasteiger partial charge is 0.336 e. The number of aromatic hydroxyl groups is 1. The fourth-order valence-corrected chi connectivity index (χ4v) is 2.57. The number of carbonyl (C=O) groups excluding carboxylic acids is 1. The number of rotatable bonds is 4. The minimum Gasteiger partial charge on any atom is -0.508 e. The predicted octanol–water partition coefficient (Wildman–Crippen LogP) is 4.01. The van der Waals surface area contributed by atoms with Crippen LogP contribution in [0.2, 0.25) is 0 Å². The number of aromatic carboxylic acids is 1. The molecule has 0 aromatic heterocycles. The Morgan fingerprint density at radius 3 is 2.20 bits per heavy atom. The third kappa shape index (κ3) is 3.50. The second kappa shape index (κ2) is 6.88. The van der Waals surface area contributed by atoms with Crippen LogP contribution >= 0.6 is 0 Å². The zero-order valence-corrected chi connectivity index (χ0v) is 13.1. The maximum Gasteiger partial charge on any atom is 0.336 e. The Labute approximate surface area is 144 Å². The van der Waals surface area contributed by atoms with Crippen molar-refractivity contribution >= 4 is 17.6 Å². The summed E-state index contributed by atoms with van der Waals surface area (Å²) in [6.45, 7) is 0. The van der Waals surface area contributed by atoms with Gasteiger partial charge in [-0.05, 0) is 35.9 Å². The number of hydrogen-bond acceptors (Lipinski definition) is 3. The van der Waals surface area contributed by atoms with E-state index in [4.69, 9.17) is 0 Å². The maximum absolute atomic E-state index is 12.4. The van der Waals surface area contributed by atoms with Crippen molar-refractivity contribution in [2.45, 2.75) is 0 Å². The standard InChI is InChI=1S/C20H15NO4/c22-14-7-5-6-13(12-14)19(23)21-18-11-4-3-9-16(18)15-8-1-2-10-17(15)20(24)25/h1-12,22H,(H,21,23)(H,24,25). The fraction of sp³-hybridized carbons (Fsp3) is 0. The topological polar surface area (TPSA) is 86.6 Å². The Bertz CT molecular complexity index is 950. The predicted molar refractivity (Wildman–Crippen MR) is 94.9 cm³/mol. The van der Waals surface area contributed by atoms with Gasteiger partial charge in [0.25, 0.3) is 5.91 Å². The molecule has 0 aliphatic carbocycles. The Kier molecular flexibility index (Phi) is 4.48. The monoisotopic (exact) mass is 333 g/mol. The highest BCUT2D eigenvalue weighted by Crippen LogP contribution is 2.31. The molecule has 0 unspecified atom stereocenters. The van der Waals surface area contributed by atoms with E-state index in [-0.39, 0.29) is 11.3 Å². The summed E-state index contributed by atoms with van der Waals surface area (Å²) in [5.41, 5.74) is 2.07. The molecule has 0 spiro atoms. The van der Waals surface area contributed by atoms with Crippen LogP contribution in [0.1, 0.15) is 20.7 Å². The summed E-state index contributed by atoms with van der Waals surface area (Å²) in [6.07, 6.45) is 0. The first kappa shape index (κ1) is 16.3. The normalized spacial score (nSPS) is 10.2. The van der Waals surface area contributed by atoms with E-state index in [0.717, 1.165) is 0 Å². The van der Waals surface area contributed by atoms with Crippen LogP contribution in [0.4, 0.5) is 5.69 Å². The second-order valence-electron chi connectivity index (χ2n) is 5.40. The first-order valence-electron chi connectivity index (χ1n) is 7.58. The van der Waals surface area contributed by atoms with Gasteiger partial charge < -0.3 is 15.5 Å². The summed E-state index contributed by atoms with van der Waals surface area (Å²) in [6, 6.07) is 19.6. The number of anilines is 1. The number of carboxylic acids is 1. The Morgan fingerprint density at radius 1 is 0.800 bits per heavy atom. The number of carboxylic acid groups (broad SMARTS) is 1. The highest BCUT2D eigenvalue weighted by Gasteiger charge is 2.15. The molecule has 25 heavy (non-hydrogen) atoms. The Balaban J connectivity index is 2.00. The second-order valence-corrected chi connectivity index (χ2v) is 5.40. The molecule has 124 valence electrons. The van der Waals surface area contributed by atoms with E-state index in [0.29, 0.717) is 22.4 Å². The van der Waals surface area contributed by atoms with Crippen molar-refractivity contribution < 1.29 is 19.8 Å². The molecular formula is C20H15NO4. The third-order valence-electron chi connectivity index (χ3n) is 3.73. The molecule has 0 radical (unpaired) electrons. The van der Waals surface area contributed by atoms with Crippen molar-refractivity contribution in [1.29, 1.82) is 0 Å². The molecule has 0 saturated carbocycles. The summed E-state index contributed by atoms with van der Waals surface area (Å²) < 4.78 is 0. The Morgan fingerprint density at radius 2 is 1.48 bits per heavy atom. The van der Waals surface area contributed by atoms with Crippen LogP contribution in [0, 0.1) is 0 Å². The molecule has 0 heterocycles. The highest BCUT2D eigenvalue weighted by atomic mass is 16.4. The largest absolute Gasteiger partial charge is 0.508 e. The van der Waals surface area contributed by atoms with Crippen molar-refractivity contribution in [3.8, 4) is 16.9 Å². The summed E-state index contributed by atoms with van der Waals surface area (Å²) in [5, 5.41) is 21.7. The molecule has 1 amide bonds. The van der Waals surface area contributed by atoms with Gasteiger partial charge in [0.2, 0.25) is 0 Å². The molecule has 0 atom stereocenters. The van der Waals surface area contributed by atoms with Crippen LogP contribution in [0.15, 0.2) is 72.8 Å². The number of amides is 1. The van der Waals surface area contributed by atoms with Crippen molar-refractivity contribution in [3.63, 3.8) is 0 Å². The lowest BCUT2D eigenvalue weighted by atomic mass is 9.98. The molecule has 0 aliphatic rings. The van der Waals surface area contributed by atoms with Crippen molar-refractivity contribution in [1.82, 2.24) is 0 Å². The molecule has 3 N–H and O–H groups in total. The fourth-order valence-electron chi connectivity index (χ4n) is 2.57. The van der Waals surface area contributed by atoms with Gasteiger partial charge >= 0.3 is 5.97 Å². The number of benzene rings is 3. The van der Waals surface area contributed by atoms with Gasteiger partial charge in [-0.25, -0.2) is 4.79 Å². The van der Waals surface area contributed by atoms with Gasteiger partial charge in [0.05, 0.1) is 5.56 Å². The molecule has 0 bridgehead atoms. The van der Waals surface area contributed by atoms with E-state index >= 15 is 0 Å². The lowest BCUT2D eigenvalue weighted by Gasteiger charge is -2.13. The number of carbonyl (C=O) groups is 2. The van der Waals surface area contributed by atoms with Gasteiger partial charge in [0.15, 0.2) is 0 Å². The van der Waals surface area contributed by atoms with Gasteiger partial charge in [-0.2, -0.15) is 0 Å². The van der Waals surface area contributed by atoms with E-state index < -0.39 is 11.9 Å². The van der Waals surface area contributed by atoms with Gasteiger partial charge in [0.1, 0.15) is 5.75 Å². The van der Waals surface area contributed by atoms with Crippen molar-refractivity contribution in [2.75, 3.05) is 5.32 Å². The minimum absolute atomic E-state index is 0.00263. The highest BCUT2D eigenvalue weighted by molar-refractivity contribution is 6.07. The van der Waals surface area contributed by atoms with Crippen molar-refractivity contribution in [2.24, 2.45) is 0 Å². The van der Waals surface area contributed by atoms with Gasteiger partial charge in [-0.15, -0.1) is 0 Å². The quantitative estimate of drug-likeness (QED) is 0.673. The average molecular weight is 333 g/mol. The minimum atomic E-state index is -1.04. The van der Waals surface area contributed by atoms with Crippen molar-refractivity contribution in [3.05, 3.63) is 83.9 Å². The zero-order valence-electron chi connectivity index (χ0n) is 13.1. The number of nitrogens with one attached hydrogen (secondary N) is 1. The summed E-state index contributed by atoms with van der Waals surface area (Å²) in [4.78, 5) is 23.9. The van der Waals surface area contributed by atoms with E-state index in [9.17, 15) is 19.8 Å². The number of phenols is 1. The van der Waals surface area contributed by atoms with E-state index in [1.165, 1.54) is 18.2 Å². The first-order valence-corrected chi connectivity index (χ1v) is 7.58. The summed E-state index contributed by atoms with van der Waals surface area (Å²) >= 11 is 0. The lowest BCUT2D eigenvalue weighted by Crippen LogP contribution is -2.12. The summed E-state index contributed by atoms with van der Waals surface area (Å²) in [5.74, 6) is -1.43. The molecule has 3 aromatic carbocycles. The number of phenolic OH excluding ortho intramolecular Hbond substituents is 1. The van der Waals surface area contributed by atoms with Gasteiger partial charge in [-0.1, -0.05) is 42.5 Å². The van der Waals surface area contributed by atoms with Crippen LogP contribution in [0.25, 0.3) is 11.1 Å². The van der Waals surface area contributed by atoms with Crippen LogP contribution in [0.5, 0.6) is 5.75 Å². The molecule has 0 saturated heterocycles. The SMILES string of the molecule is O=C(Nc1ccccc1-c1ccccc1C(=O)O)c1cccc(O)c1. The van der Waals surface area contributed by atoms with Crippen LogP contribution in [-0.2, 0) is 0 Å². The molecule has 5 heteroatoms. The summed E-state index contributed by atoms with van der Waals surface area (Å²) in [7, 11) is 0. The molecular weight excluding hydrogens is 318 g/mol. The maximum atomic E-state index is 12.4. The molecule has 0 fully saturated rings. The first-order chi connectivity index (χ1) is 12.1. The molecule has 5 nitrogen and oxygen atoms in total. The van der Waals surface area contributed by atoms with Crippen LogP contribution in [0.3, 0.4) is 0 Å². The zero-order chi connectivity index (χ0) is 17.8. The third-order valence-corrected chi connectivity index (χ3v) is 3.73. The van der Waals surface area contributed by atoms with Gasteiger partial charge in [-0.3, -0.25) is 4.79 Å². The lowest BCUT2D eigenvalue weighted by molar-refractivity contribution is 0.0697. The van der Waals surface area contributed by atoms with Gasteiger partial charge in [0, 0.05) is 16.8 Å².